The molecular formula is C13H18N2O5. The van der Waals surface area contributed by atoms with Crippen LogP contribution in [-0.2, 0) is 9.47 Å². The molecule has 0 aliphatic heterocycles. The average Bonchev–Trinajstić information content (AvgIpc) is 2.46. The van der Waals surface area contributed by atoms with Crippen LogP contribution in [-0.4, -0.2) is 50.6 Å². The lowest BCUT2D eigenvalue weighted by molar-refractivity contribution is 0.0938. The molecule has 0 saturated carbocycles. The molecule has 0 fully saturated rings. The van der Waals surface area contributed by atoms with Gasteiger partial charge in [0.25, 0.3) is 5.91 Å². The number of aliphatic hydroxyl groups excluding tert-OH is 1. The van der Waals surface area contributed by atoms with Gasteiger partial charge in [-0.2, -0.15) is 0 Å². The number of benzene rings is 1. The average molecular weight is 282 g/mol. The summed E-state index contributed by atoms with van der Waals surface area (Å²) in [6.45, 7) is 0.416. The smallest absolute Gasteiger partial charge is 0.411 e. The maximum Gasteiger partial charge on any atom is 0.411 e. The summed E-state index contributed by atoms with van der Waals surface area (Å²) in [5.41, 5.74) is 0.662. The van der Waals surface area contributed by atoms with Crippen LogP contribution in [0.5, 0.6) is 0 Å². The van der Waals surface area contributed by atoms with Crippen molar-refractivity contribution in [3.8, 4) is 0 Å². The Morgan fingerprint density at radius 1 is 1.25 bits per heavy atom. The van der Waals surface area contributed by atoms with Crippen molar-refractivity contribution in [1.29, 1.82) is 0 Å². The van der Waals surface area contributed by atoms with E-state index in [1.54, 1.807) is 31.4 Å². The standard InChI is InChI=1S/C13H18N2O5/c1-19-8-6-14-12(17)10-4-2-3-5-11(10)15-13(18)20-9-7-16/h2-5,16H,6-9H2,1H3,(H,14,17)(H,15,18). The summed E-state index contributed by atoms with van der Waals surface area (Å²) in [6.07, 6.45) is -0.726. The van der Waals surface area contributed by atoms with Crippen molar-refractivity contribution in [3.05, 3.63) is 29.8 Å². The highest BCUT2D eigenvalue weighted by Crippen LogP contribution is 2.15. The normalized spacial score (nSPS) is 9.90. The largest absolute Gasteiger partial charge is 0.447 e. The number of nitrogens with one attached hydrogen (secondary N) is 2. The maximum absolute atomic E-state index is 11.9. The predicted octanol–water partition coefficient (Wildman–Crippen LogP) is 0.604. The number of hydrogen-bond donors (Lipinski definition) is 3. The highest BCUT2D eigenvalue weighted by Gasteiger charge is 2.12. The third-order valence-corrected chi connectivity index (χ3v) is 2.32. The highest BCUT2D eigenvalue weighted by atomic mass is 16.6. The molecule has 0 saturated heterocycles. The summed E-state index contributed by atoms with van der Waals surface area (Å²) < 4.78 is 9.52. The van der Waals surface area contributed by atoms with Crippen molar-refractivity contribution in [2.45, 2.75) is 0 Å². The molecule has 0 heterocycles. The van der Waals surface area contributed by atoms with Gasteiger partial charge in [-0.1, -0.05) is 12.1 Å². The number of hydrogen-bond acceptors (Lipinski definition) is 5. The minimum atomic E-state index is -0.726. The molecule has 0 radical (unpaired) electrons. The van der Waals surface area contributed by atoms with E-state index in [2.05, 4.69) is 15.4 Å². The lowest BCUT2D eigenvalue weighted by Gasteiger charge is -2.11. The van der Waals surface area contributed by atoms with Crippen LogP contribution in [0.15, 0.2) is 24.3 Å². The molecule has 1 rings (SSSR count). The summed E-state index contributed by atoms with van der Waals surface area (Å²) in [6, 6.07) is 6.55. The van der Waals surface area contributed by atoms with Crippen molar-refractivity contribution in [1.82, 2.24) is 5.32 Å². The molecule has 1 aromatic rings. The third-order valence-electron chi connectivity index (χ3n) is 2.32. The Morgan fingerprint density at radius 2 is 2.00 bits per heavy atom. The lowest BCUT2D eigenvalue weighted by atomic mass is 10.1. The zero-order valence-electron chi connectivity index (χ0n) is 11.2. The van der Waals surface area contributed by atoms with Gasteiger partial charge in [-0.15, -0.1) is 0 Å². The Bertz CT molecular complexity index is 450. The van der Waals surface area contributed by atoms with Crippen molar-refractivity contribution in [2.24, 2.45) is 0 Å². The Balaban J connectivity index is 2.67. The fourth-order valence-corrected chi connectivity index (χ4v) is 1.44. The minimum absolute atomic E-state index is 0.103. The van der Waals surface area contributed by atoms with Crippen LogP contribution in [0.4, 0.5) is 10.5 Å². The number of carbonyl (C=O) groups is 2. The van der Waals surface area contributed by atoms with E-state index in [1.165, 1.54) is 0 Å². The number of methoxy groups -OCH3 is 1. The first kappa shape index (κ1) is 15.9. The molecule has 110 valence electrons. The molecule has 0 aromatic heterocycles. The Kier molecular flexibility index (Phi) is 7.08. The molecule has 20 heavy (non-hydrogen) atoms. The van der Waals surface area contributed by atoms with Crippen LogP contribution in [0.25, 0.3) is 0 Å². The van der Waals surface area contributed by atoms with E-state index >= 15 is 0 Å². The van der Waals surface area contributed by atoms with Gasteiger partial charge in [0.05, 0.1) is 24.5 Å². The second kappa shape index (κ2) is 8.89. The molecule has 7 heteroatoms. The quantitative estimate of drug-likeness (QED) is 0.636. The topological polar surface area (TPSA) is 96.9 Å². The number of anilines is 1. The van der Waals surface area contributed by atoms with Gasteiger partial charge in [-0.05, 0) is 12.1 Å². The molecule has 0 aliphatic rings. The van der Waals surface area contributed by atoms with Gasteiger partial charge >= 0.3 is 6.09 Å². The number of carbonyl (C=O) groups excluding carboxylic acids is 2. The van der Waals surface area contributed by atoms with Crippen LogP contribution in [0.3, 0.4) is 0 Å². The van der Waals surface area contributed by atoms with Crippen molar-refractivity contribution >= 4 is 17.7 Å². The molecule has 0 atom stereocenters. The third kappa shape index (κ3) is 5.25. The van der Waals surface area contributed by atoms with Crippen LogP contribution in [0.2, 0.25) is 0 Å². The monoisotopic (exact) mass is 282 g/mol. The van der Waals surface area contributed by atoms with Crippen LogP contribution in [0.1, 0.15) is 10.4 Å². The fraction of sp³-hybridized carbons (Fsp3) is 0.385. The molecule has 3 N–H and O–H groups in total. The summed E-state index contributed by atoms with van der Waals surface area (Å²) in [5.74, 6) is -0.319. The first-order chi connectivity index (χ1) is 9.69. The number of rotatable bonds is 7. The summed E-state index contributed by atoms with van der Waals surface area (Å²) in [5, 5.41) is 13.7. The van der Waals surface area contributed by atoms with Gasteiger partial charge in [0.15, 0.2) is 0 Å². The van der Waals surface area contributed by atoms with Gasteiger partial charge in [0, 0.05) is 13.7 Å². The van der Waals surface area contributed by atoms with Crippen LogP contribution < -0.4 is 10.6 Å². The van der Waals surface area contributed by atoms with Gasteiger partial charge in [-0.25, -0.2) is 4.79 Å². The predicted molar refractivity (Wildman–Crippen MR) is 72.7 cm³/mol. The molecule has 7 nitrogen and oxygen atoms in total. The Labute approximate surface area is 116 Å². The summed E-state index contributed by atoms with van der Waals surface area (Å²) >= 11 is 0. The van der Waals surface area contributed by atoms with Crippen molar-refractivity contribution in [2.75, 3.05) is 38.8 Å². The minimum Gasteiger partial charge on any atom is -0.447 e. The zero-order chi connectivity index (χ0) is 14.8. The zero-order valence-corrected chi connectivity index (χ0v) is 11.2. The van der Waals surface area contributed by atoms with E-state index in [0.717, 1.165) is 0 Å². The van der Waals surface area contributed by atoms with Crippen molar-refractivity contribution < 1.29 is 24.2 Å². The van der Waals surface area contributed by atoms with Crippen LogP contribution in [0, 0.1) is 0 Å². The molecule has 0 aliphatic carbocycles. The second-order valence-corrected chi connectivity index (χ2v) is 3.78. The van der Waals surface area contributed by atoms with E-state index < -0.39 is 6.09 Å². The number of aliphatic hydroxyl groups is 1. The first-order valence-electron chi connectivity index (χ1n) is 6.10. The van der Waals surface area contributed by atoms with E-state index in [9.17, 15) is 9.59 Å². The van der Waals surface area contributed by atoms with Gasteiger partial charge in [0.2, 0.25) is 0 Å². The number of para-hydroxylation sites is 1. The first-order valence-corrected chi connectivity index (χ1v) is 6.10. The molecule has 1 aromatic carbocycles. The van der Waals surface area contributed by atoms with Gasteiger partial charge in [0.1, 0.15) is 6.61 Å². The molecular weight excluding hydrogens is 264 g/mol. The van der Waals surface area contributed by atoms with Crippen molar-refractivity contribution in [3.63, 3.8) is 0 Å². The second-order valence-electron chi connectivity index (χ2n) is 3.78. The SMILES string of the molecule is COCCNC(=O)c1ccccc1NC(=O)OCCO. The van der Waals surface area contributed by atoms with E-state index in [0.29, 0.717) is 24.4 Å². The fourth-order valence-electron chi connectivity index (χ4n) is 1.44. The molecule has 0 spiro atoms. The highest BCUT2D eigenvalue weighted by molar-refractivity contribution is 6.02. The Morgan fingerprint density at radius 3 is 2.70 bits per heavy atom. The Hall–Kier alpha value is -2.12. The summed E-state index contributed by atoms with van der Waals surface area (Å²) in [7, 11) is 1.54. The van der Waals surface area contributed by atoms with Gasteiger partial charge in [-0.3, -0.25) is 10.1 Å². The maximum atomic E-state index is 11.9. The van der Waals surface area contributed by atoms with Crippen LogP contribution >= 0.6 is 0 Å². The summed E-state index contributed by atoms with van der Waals surface area (Å²) in [4.78, 5) is 23.3. The molecule has 0 unspecified atom stereocenters. The number of amides is 2. The van der Waals surface area contributed by atoms with Gasteiger partial charge < -0.3 is 19.9 Å². The number of ether oxygens (including phenoxy) is 2. The van der Waals surface area contributed by atoms with E-state index in [-0.39, 0.29) is 19.1 Å². The van der Waals surface area contributed by atoms with E-state index in [1.807, 2.05) is 0 Å². The lowest BCUT2D eigenvalue weighted by Crippen LogP contribution is -2.28. The molecule has 2 amide bonds. The van der Waals surface area contributed by atoms with E-state index in [4.69, 9.17) is 9.84 Å². The molecule has 0 bridgehead atoms.